The average Bonchev–Trinajstić information content (AvgIpc) is 2.49. The first-order valence-corrected chi connectivity index (χ1v) is 5.39. The summed E-state index contributed by atoms with van der Waals surface area (Å²) in [5.41, 5.74) is 2.36. The van der Waals surface area contributed by atoms with Gasteiger partial charge < -0.3 is 0 Å². The summed E-state index contributed by atoms with van der Waals surface area (Å²) in [5.74, 6) is 0. The Labute approximate surface area is 87.5 Å². The monoisotopic (exact) mass is 211 g/mol. The smallest absolute Gasteiger partial charge is 0.120 e. The van der Waals surface area contributed by atoms with Crippen LogP contribution in [0.2, 0.25) is 0 Å². The standard InChI is InChI=1S/C10H10ClNS/c1-8-7-13-10(12(8)11)9-5-3-2-4-6-9/h2-7,10H,1H3. The molecule has 0 N–H and O–H groups in total. The van der Waals surface area contributed by atoms with Gasteiger partial charge in [0.05, 0.1) is 0 Å². The summed E-state index contributed by atoms with van der Waals surface area (Å²) in [4.78, 5) is 0. The molecule has 0 aromatic heterocycles. The summed E-state index contributed by atoms with van der Waals surface area (Å²) in [5, 5.41) is 2.33. The molecule has 0 aliphatic carbocycles. The largest absolute Gasteiger partial charge is 0.271 e. The van der Waals surface area contributed by atoms with Crippen LogP contribution in [0.4, 0.5) is 0 Å². The number of benzene rings is 1. The first-order chi connectivity index (χ1) is 6.29. The van der Waals surface area contributed by atoms with Crippen molar-refractivity contribution in [3.05, 3.63) is 47.0 Å². The molecule has 1 atom stereocenters. The maximum Gasteiger partial charge on any atom is 0.120 e. The molecule has 0 fully saturated rings. The zero-order valence-electron chi connectivity index (χ0n) is 7.27. The van der Waals surface area contributed by atoms with E-state index in [1.54, 1.807) is 16.2 Å². The highest BCUT2D eigenvalue weighted by Gasteiger charge is 2.23. The van der Waals surface area contributed by atoms with Gasteiger partial charge in [-0.05, 0) is 17.9 Å². The lowest BCUT2D eigenvalue weighted by Crippen LogP contribution is -2.09. The molecule has 13 heavy (non-hydrogen) atoms. The van der Waals surface area contributed by atoms with Crippen LogP contribution in [0, 0.1) is 0 Å². The fourth-order valence-electron chi connectivity index (χ4n) is 1.28. The van der Waals surface area contributed by atoms with Gasteiger partial charge in [0.25, 0.3) is 0 Å². The second-order valence-corrected chi connectivity index (χ2v) is 4.29. The van der Waals surface area contributed by atoms with Gasteiger partial charge in [-0.25, -0.2) is 0 Å². The fourth-order valence-corrected chi connectivity index (χ4v) is 2.66. The van der Waals surface area contributed by atoms with Crippen molar-refractivity contribution in [3.63, 3.8) is 0 Å². The van der Waals surface area contributed by atoms with E-state index in [9.17, 15) is 0 Å². The number of thioether (sulfide) groups is 1. The predicted molar refractivity (Wildman–Crippen MR) is 58.2 cm³/mol. The molecule has 68 valence electrons. The van der Waals surface area contributed by atoms with Crippen LogP contribution in [0.3, 0.4) is 0 Å². The third kappa shape index (κ3) is 1.69. The van der Waals surface area contributed by atoms with Crippen molar-refractivity contribution in [3.8, 4) is 0 Å². The Morgan fingerprint density at radius 1 is 1.31 bits per heavy atom. The number of allylic oxidation sites excluding steroid dienone is 1. The summed E-state index contributed by atoms with van der Waals surface area (Å²) in [7, 11) is 0. The molecule has 3 heteroatoms. The van der Waals surface area contributed by atoms with Crippen LogP contribution in [-0.4, -0.2) is 4.42 Å². The molecule has 1 unspecified atom stereocenters. The minimum atomic E-state index is 0.239. The molecule has 1 aliphatic heterocycles. The lowest BCUT2D eigenvalue weighted by atomic mass is 10.2. The summed E-state index contributed by atoms with van der Waals surface area (Å²) in [6, 6.07) is 10.3. The molecule has 1 aromatic rings. The van der Waals surface area contributed by atoms with Gasteiger partial charge in [-0.15, -0.1) is 11.8 Å². The van der Waals surface area contributed by atoms with Crippen molar-refractivity contribution in [1.82, 2.24) is 4.42 Å². The molecule has 0 bridgehead atoms. The van der Waals surface area contributed by atoms with E-state index in [1.807, 2.05) is 25.1 Å². The molecule has 1 nitrogen and oxygen atoms in total. The number of nitrogens with zero attached hydrogens (tertiary/aromatic N) is 1. The third-order valence-electron chi connectivity index (χ3n) is 2.00. The van der Waals surface area contributed by atoms with Crippen molar-refractivity contribution >= 4 is 23.5 Å². The van der Waals surface area contributed by atoms with Gasteiger partial charge in [0, 0.05) is 17.5 Å². The van der Waals surface area contributed by atoms with Crippen LogP contribution in [0.25, 0.3) is 0 Å². The van der Waals surface area contributed by atoms with Crippen molar-refractivity contribution in [1.29, 1.82) is 0 Å². The van der Waals surface area contributed by atoms with Crippen LogP contribution in [0.5, 0.6) is 0 Å². The van der Waals surface area contributed by atoms with Gasteiger partial charge in [0.2, 0.25) is 0 Å². The Hall–Kier alpha value is -0.600. The maximum absolute atomic E-state index is 6.11. The van der Waals surface area contributed by atoms with E-state index in [0.717, 1.165) is 5.70 Å². The van der Waals surface area contributed by atoms with Crippen LogP contribution in [-0.2, 0) is 0 Å². The zero-order valence-corrected chi connectivity index (χ0v) is 8.85. The highest BCUT2D eigenvalue weighted by molar-refractivity contribution is 8.02. The minimum Gasteiger partial charge on any atom is -0.271 e. The summed E-state index contributed by atoms with van der Waals surface area (Å²) < 4.78 is 1.78. The van der Waals surface area contributed by atoms with Crippen LogP contribution >= 0.6 is 23.5 Å². The fraction of sp³-hybridized carbons (Fsp3) is 0.200. The Morgan fingerprint density at radius 3 is 2.54 bits per heavy atom. The van der Waals surface area contributed by atoms with Gasteiger partial charge in [0.1, 0.15) is 5.37 Å². The summed E-state index contributed by atoms with van der Waals surface area (Å²) >= 11 is 7.85. The minimum absolute atomic E-state index is 0.239. The second kappa shape index (κ2) is 3.64. The second-order valence-electron chi connectivity index (χ2n) is 2.97. The van der Waals surface area contributed by atoms with Crippen molar-refractivity contribution in [2.75, 3.05) is 0 Å². The highest BCUT2D eigenvalue weighted by atomic mass is 35.5. The van der Waals surface area contributed by atoms with Crippen LogP contribution in [0.15, 0.2) is 41.4 Å². The average molecular weight is 212 g/mol. The van der Waals surface area contributed by atoms with Crippen molar-refractivity contribution in [2.24, 2.45) is 0 Å². The molecule has 0 radical (unpaired) electrons. The first-order valence-electron chi connectivity index (χ1n) is 4.11. The Bertz CT molecular complexity index is 323. The Kier molecular flexibility index (Phi) is 2.51. The lowest BCUT2D eigenvalue weighted by molar-refractivity contribution is 0.552. The molecular weight excluding hydrogens is 202 g/mol. The number of hydrogen-bond donors (Lipinski definition) is 0. The normalized spacial score (nSPS) is 21.8. The van der Waals surface area contributed by atoms with Crippen LogP contribution < -0.4 is 0 Å². The molecule has 0 spiro atoms. The van der Waals surface area contributed by atoms with E-state index in [2.05, 4.69) is 17.5 Å². The van der Waals surface area contributed by atoms with E-state index >= 15 is 0 Å². The van der Waals surface area contributed by atoms with E-state index in [0.29, 0.717) is 0 Å². The molecule has 2 rings (SSSR count). The summed E-state index contributed by atoms with van der Waals surface area (Å²) in [6.07, 6.45) is 0. The molecule has 1 aromatic carbocycles. The van der Waals surface area contributed by atoms with E-state index in [1.165, 1.54) is 5.56 Å². The lowest BCUT2D eigenvalue weighted by Gasteiger charge is -2.19. The predicted octanol–water partition coefficient (Wildman–Crippen LogP) is 3.75. The summed E-state index contributed by atoms with van der Waals surface area (Å²) in [6.45, 7) is 2.02. The van der Waals surface area contributed by atoms with Gasteiger partial charge >= 0.3 is 0 Å². The topological polar surface area (TPSA) is 3.24 Å². The molecule has 0 saturated heterocycles. The number of halogens is 1. The van der Waals surface area contributed by atoms with E-state index in [4.69, 9.17) is 11.8 Å². The highest BCUT2D eigenvalue weighted by Crippen LogP contribution is 2.43. The third-order valence-corrected chi connectivity index (χ3v) is 3.79. The molecule has 0 saturated carbocycles. The van der Waals surface area contributed by atoms with Gasteiger partial charge in [0.15, 0.2) is 0 Å². The molecule has 1 heterocycles. The van der Waals surface area contributed by atoms with Gasteiger partial charge in [-0.1, -0.05) is 30.3 Å². The SMILES string of the molecule is CC1=CSC(c2ccccc2)N1Cl. The molecule has 0 amide bonds. The van der Waals surface area contributed by atoms with Crippen LogP contribution in [0.1, 0.15) is 17.9 Å². The van der Waals surface area contributed by atoms with Crippen molar-refractivity contribution in [2.45, 2.75) is 12.3 Å². The van der Waals surface area contributed by atoms with E-state index in [-0.39, 0.29) is 5.37 Å². The molecular formula is C10H10ClNS. The maximum atomic E-state index is 6.11. The molecule has 1 aliphatic rings. The van der Waals surface area contributed by atoms with Gasteiger partial charge in [-0.2, -0.15) is 0 Å². The zero-order chi connectivity index (χ0) is 9.26. The number of hydrogen-bond acceptors (Lipinski definition) is 2. The first kappa shape index (κ1) is 8.97. The number of rotatable bonds is 1. The van der Waals surface area contributed by atoms with Crippen molar-refractivity contribution < 1.29 is 0 Å². The van der Waals surface area contributed by atoms with E-state index < -0.39 is 0 Å². The van der Waals surface area contributed by atoms with Gasteiger partial charge in [-0.3, -0.25) is 4.42 Å². The Balaban J connectivity index is 2.22. The quantitative estimate of drug-likeness (QED) is 0.651. The Morgan fingerprint density at radius 2 is 2.00 bits per heavy atom.